The Bertz CT molecular complexity index is 986. The molecule has 0 unspecified atom stereocenters. The molecule has 1 heterocycles. The lowest BCUT2D eigenvalue weighted by Crippen LogP contribution is -2.36. The fourth-order valence-electron chi connectivity index (χ4n) is 3.25. The van der Waals surface area contributed by atoms with Crippen molar-refractivity contribution >= 4 is 39.7 Å². The van der Waals surface area contributed by atoms with Gasteiger partial charge in [-0.15, -0.1) is 0 Å². The fourth-order valence-corrected chi connectivity index (χ4v) is 3.55. The molecule has 28 heavy (non-hydrogen) atoms. The average molecular weight is 397 g/mol. The number of halogens is 1. The fraction of sp³-hybridized carbons (Fsp3) is 0.227. The molecular weight excluding hydrogens is 376 g/mol. The average Bonchev–Trinajstić information content (AvgIpc) is 2.73. The zero-order valence-electron chi connectivity index (χ0n) is 15.4. The number of amides is 1. The van der Waals surface area contributed by atoms with Crippen LogP contribution in [-0.2, 0) is 9.53 Å². The van der Waals surface area contributed by atoms with Crippen LogP contribution < -0.4 is 15.0 Å². The van der Waals surface area contributed by atoms with Gasteiger partial charge in [0.25, 0.3) is 5.91 Å². The van der Waals surface area contributed by atoms with Gasteiger partial charge in [-0.25, -0.2) is 0 Å². The summed E-state index contributed by atoms with van der Waals surface area (Å²) in [5.74, 6) is 0.429. The highest BCUT2D eigenvalue weighted by Gasteiger charge is 2.15. The van der Waals surface area contributed by atoms with Crippen LogP contribution in [0.4, 0.5) is 11.4 Å². The predicted molar refractivity (Wildman–Crippen MR) is 113 cm³/mol. The second kappa shape index (κ2) is 8.50. The molecule has 1 saturated heterocycles. The summed E-state index contributed by atoms with van der Waals surface area (Å²) in [4.78, 5) is 14.4. The number of ether oxygens (including phenoxy) is 2. The molecular formula is C22H21ClN2O3. The minimum atomic E-state index is -0.233. The maximum Gasteiger partial charge on any atom is 0.262 e. The number of nitrogens with zero attached hydrogens (tertiary/aromatic N) is 1. The summed E-state index contributed by atoms with van der Waals surface area (Å²) in [5.41, 5.74) is 1.60. The third-order valence-electron chi connectivity index (χ3n) is 4.67. The Kier molecular flexibility index (Phi) is 5.65. The molecule has 0 aliphatic carbocycles. The van der Waals surface area contributed by atoms with E-state index in [1.165, 1.54) is 0 Å². The Morgan fingerprint density at radius 1 is 1.04 bits per heavy atom. The van der Waals surface area contributed by atoms with Gasteiger partial charge in [0.05, 0.1) is 23.9 Å². The highest BCUT2D eigenvalue weighted by Crippen LogP contribution is 2.29. The number of morpholine rings is 1. The van der Waals surface area contributed by atoms with Crippen LogP contribution in [0.1, 0.15) is 0 Å². The van der Waals surface area contributed by atoms with E-state index in [9.17, 15) is 4.79 Å². The summed E-state index contributed by atoms with van der Waals surface area (Å²) in [5, 5.41) is 5.64. The summed E-state index contributed by atoms with van der Waals surface area (Å²) in [6, 6.07) is 19.3. The van der Waals surface area contributed by atoms with Crippen molar-refractivity contribution in [2.75, 3.05) is 43.1 Å². The molecule has 6 heteroatoms. The standard InChI is InChI=1S/C22H21ClN2O3/c23-20-14-18(6-8-21(20)25-9-11-27-12-10-25)24-22(26)15-28-19-7-5-16-3-1-2-4-17(16)13-19/h1-8,13-14H,9-12,15H2,(H,24,26). The second-order valence-corrected chi connectivity index (χ2v) is 7.02. The molecule has 0 aromatic heterocycles. The molecule has 1 aliphatic rings. The SMILES string of the molecule is O=C(COc1ccc2ccccc2c1)Nc1ccc(N2CCOCC2)c(Cl)c1. The van der Waals surface area contributed by atoms with Gasteiger partial charge >= 0.3 is 0 Å². The van der Waals surface area contributed by atoms with Crippen molar-refractivity contribution in [1.29, 1.82) is 0 Å². The van der Waals surface area contributed by atoms with E-state index >= 15 is 0 Å². The van der Waals surface area contributed by atoms with Crippen LogP contribution in [0.5, 0.6) is 5.75 Å². The van der Waals surface area contributed by atoms with Crippen LogP contribution in [0.2, 0.25) is 5.02 Å². The summed E-state index contributed by atoms with van der Waals surface area (Å²) >= 11 is 6.41. The van der Waals surface area contributed by atoms with Crippen molar-refractivity contribution in [3.63, 3.8) is 0 Å². The molecule has 3 aromatic rings. The van der Waals surface area contributed by atoms with E-state index in [1.54, 1.807) is 6.07 Å². The molecule has 0 bridgehead atoms. The molecule has 4 rings (SSSR count). The summed E-state index contributed by atoms with van der Waals surface area (Å²) in [6.45, 7) is 2.94. The lowest BCUT2D eigenvalue weighted by atomic mass is 10.1. The number of anilines is 2. The molecule has 1 aliphatic heterocycles. The monoisotopic (exact) mass is 396 g/mol. The Morgan fingerprint density at radius 2 is 1.82 bits per heavy atom. The summed E-state index contributed by atoms with van der Waals surface area (Å²) in [6.07, 6.45) is 0. The van der Waals surface area contributed by atoms with Gasteiger partial charge in [0, 0.05) is 18.8 Å². The number of nitrogens with one attached hydrogen (secondary N) is 1. The topological polar surface area (TPSA) is 50.8 Å². The van der Waals surface area contributed by atoms with Gasteiger partial charge in [-0.1, -0.05) is 41.9 Å². The van der Waals surface area contributed by atoms with Crippen molar-refractivity contribution in [1.82, 2.24) is 0 Å². The number of benzene rings is 3. The van der Waals surface area contributed by atoms with Crippen molar-refractivity contribution in [3.05, 3.63) is 65.7 Å². The van der Waals surface area contributed by atoms with E-state index < -0.39 is 0 Å². The van der Waals surface area contributed by atoms with E-state index in [2.05, 4.69) is 10.2 Å². The van der Waals surface area contributed by atoms with Gasteiger partial charge < -0.3 is 19.7 Å². The molecule has 1 N–H and O–H groups in total. The molecule has 1 amide bonds. The third-order valence-corrected chi connectivity index (χ3v) is 4.98. The minimum Gasteiger partial charge on any atom is -0.484 e. The second-order valence-electron chi connectivity index (χ2n) is 6.61. The first-order valence-corrected chi connectivity index (χ1v) is 9.60. The molecule has 1 fully saturated rings. The number of fused-ring (bicyclic) bond motifs is 1. The first-order chi connectivity index (χ1) is 13.7. The van der Waals surface area contributed by atoms with Gasteiger partial charge in [-0.05, 0) is 41.1 Å². The van der Waals surface area contributed by atoms with Crippen LogP contribution in [-0.4, -0.2) is 38.8 Å². The molecule has 144 valence electrons. The summed E-state index contributed by atoms with van der Waals surface area (Å²) in [7, 11) is 0. The maximum absolute atomic E-state index is 12.2. The van der Waals surface area contributed by atoms with Gasteiger partial charge in [0.1, 0.15) is 5.75 Å². The van der Waals surface area contributed by atoms with Crippen LogP contribution >= 0.6 is 11.6 Å². The first-order valence-electron chi connectivity index (χ1n) is 9.23. The number of carbonyl (C=O) groups is 1. The Balaban J connectivity index is 1.35. The van der Waals surface area contributed by atoms with Gasteiger partial charge in [-0.2, -0.15) is 0 Å². The Labute approximate surface area is 168 Å². The molecule has 0 saturated carbocycles. The number of hydrogen-bond donors (Lipinski definition) is 1. The highest BCUT2D eigenvalue weighted by molar-refractivity contribution is 6.33. The Morgan fingerprint density at radius 3 is 2.61 bits per heavy atom. The Hall–Kier alpha value is -2.76. The van der Waals surface area contributed by atoms with Crippen molar-refractivity contribution in [2.45, 2.75) is 0 Å². The van der Waals surface area contributed by atoms with Crippen molar-refractivity contribution < 1.29 is 14.3 Å². The predicted octanol–water partition coefficient (Wildman–Crippen LogP) is 4.35. The van der Waals surface area contributed by atoms with Crippen molar-refractivity contribution in [2.24, 2.45) is 0 Å². The molecule has 0 radical (unpaired) electrons. The van der Waals surface area contributed by atoms with Crippen LogP contribution in [0, 0.1) is 0 Å². The zero-order valence-corrected chi connectivity index (χ0v) is 16.1. The third kappa shape index (κ3) is 4.38. The zero-order chi connectivity index (χ0) is 19.3. The molecule has 5 nitrogen and oxygen atoms in total. The minimum absolute atomic E-state index is 0.0683. The summed E-state index contributed by atoms with van der Waals surface area (Å²) < 4.78 is 11.0. The van der Waals surface area contributed by atoms with E-state index in [-0.39, 0.29) is 12.5 Å². The normalized spacial score (nSPS) is 14.1. The number of carbonyl (C=O) groups excluding carboxylic acids is 1. The number of rotatable bonds is 5. The highest BCUT2D eigenvalue weighted by atomic mass is 35.5. The van der Waals surface area contributed by atoms with Crippen LogP contribution in [0.3, 0.4) is 0 Å². The molecule has 0 spiro atoms. The smallest absolute Gasteiger partial charge is 0.262 e. The van der Waals surface area contributed by atoms with Gasteiger partial charge in [0.15, 0.2) is 6.61 Å². The molecule has 0 atom stereocenters. The molecule has 3 aromatic carbocycles. The van der Waals surface area contributed by atoms with Gasteiger partial charge in [-0.3, -0.25) is 4.79 Å². The largest absolute Gasteiger partial charge is 0.484 e. The number of hydrogen-bond acceptors (Lipinski definition) is 4. The van der Waals surface area contributed by atoms with E-state index in [0.717, 1.165) is 29.5 Å². The maximum atomic E-state index is 12.2. The van der Waals surface area contributed by atoms with E-state index in [4.69, 9.17) is 21.1 Å². The van der Waals surface area contributed by atoms with E-state index in [1.807, 2.05) is 54.6 Å². The first kappa shape index (κ1) is 18.6. The quantitative estimate of drug-likeness (QED) is 0.696. The van der Waals surface area contributed by atoms with Crippen molar-refractivity contribution in [3.8, 4) is 5.75 Å². The van der Waals surface area contributed by atoms with E-state index in [0.29, 0.717) is 29.7 Å². The lowest BCUT2D eigenvalue weighted by molar-refractivity contribution is -0.118. The van der Waals surface area contributed by atoms with Gasteiger partial charge in [0.2, 0.25) is 0 Å². The van der Waals surface area contributed by atoms with Crippen LogP contribution in [0.15, 0.2) is 60.7 Å². The van der Waals surface area contributed by atoms with Crippen LogP contribution in [0.25, 0.3) is 10.8 Å². The lowest BCUT2D eigenvalue weighted by Gasteiger charge is -2.29.